The summed E-state index contributed by atoms with van der Waals surface area (Å²) in [4.78, 5) is 12.1. The first-order valence-electron chi connectivity index (χ1n) is 8.70. The fraction of sp³-hybridized carbons (Fsp3) is 0.0476. The molecule has 3 aromatic carbocycles. The summed E-state index contributed by atoms with van der Waals surface area (Å²) >= 11 is 0. The van der Waals surface area contributed by atoms with E-state index >= 15 is 0 Å². The largest absolute Gasteiger partial charge is 0.337 e. The van der Waals surface area contributed by atoms with Gasteiger partial charge in [-0.05, 0) is 42.0 Å². The van der Waals surface area contributed by atoms with Crippen molar-refractivity contribution in [1.82, 2.24) is 5.43 Å². The quantitative estimate of drug-likeness (QED) is 0.538. The molecule has 0 bridgehead atoms. The van der Waals surface area contributed by atoms with Crippen LogP contribution in [0.3, 0.4) is 0 Å². The molecule has 30 heavy (non-hydrogen) atoms. The van der Waals surface area contributed by atoms with E-state index in [1.165, 1.54) is 24.3 Å². The number of benzene rings is 3. The van der Waals surface area contributed by atoms with Crippen LogP contribution in [0.15, 0.2) is 71.6 Å². The molecule has 0 aliphatic rings. The number of halogens is 1. The number of nitrogens with one attached hydrogen (secondary N) is 3. The van der Waals surface area contributed by atoms with Gasteiger partial charge >= 0.3 is 6.03 Å². The second-order valence-corrected chi connectivity index (χ2v) is 8.34. The average molecular weight is 424 g/mol. The molecular formula is C21H17FN4O3S. The second kappa shape index (κ2) is 8.63. The van der Waals surface area contributed by atoms with Gasteiger partial charge in [0.15, 0.2) is 9.84 Å². The lowest BCUT2D eigenvalue weighted by Gasteiger charge is -2.12. The molecular weight excluding hydrogens is 407 g/mol. The standard InChI is InChI=1S/C21H17FN4O3S/c1-30(28,29)20-8-3-2-7-17(20)15-9-10-19(18(22)12-15)24-21(27)26-25-16-6-4-5-14(11-16)13-23/h2-12,25H,1H3,(H2,24,26,27). The smallest absolute Gasteiger partial charge is 0.304 e. The summed E-state index contributed by atoms with van der Waals surface area (Å²) < 4.78 is 38.5. The molecule has 0 saturated heterocycles. The van der Waals surface area contributed by atoms with E-state index in [9.17, 15) is 17.6 Å². The summed E-state index contributed by atoms with van der Waals surface area (Å²) in [5.74, 6) is -0.725. The SMILES string of the molecule is CS(=O)(=O)c1ccccc1-c1ccc(NC(=O)NNc2cccc(C#N)c2)c(F)c1. The minimum atomic E-state index is -3.49. The zero-order valence-electron chi connectivity index (χ0n) is 15.8. The Hall–Kier alpha value is -3.90. The normalized spacial score (nSPS) is 10.7. The first-order chi connectivity index (χ1) is 14.3. The maximum absolute atomic E-state index is 14.5. The van der Waals surface area contributed by atoms with E-state index < -0.39 is 21.7 Å². The second-order valence-electron chi connectivity index (χ2n) is 6.36. The van der Waals surface area contributed by atoms with Gasteiger partial charge in [-0.3, -0.25) is 10.9 Å². The highest BCUT2D eigenvalue weighted by Crippen LogP contribution is 2.29. The van der Waals surface area contributed by atoms with Gasteiger partial charge in [-0.25, -0.2) is 17.6 Å². The number of nitrogens with zero attached hydrogens (tertiary/aromatic N) is 1. The highest BCUT2D eigenvalue weighted by molar-refractivity contribution is 7.90. The van der Waals surface area contributed by atoms with Crippen LogP contribution < -0.4 is 16.2 Å². The number of nitriles is 1. The summed E-state index contributed by atoms with van der Waals surface area (Å²) in [6.45, 7) is 0. The fourth-order valence-electron chi connectivity index (χ4n) is 2.76. The zero-order valence-corrected chi connectivity index (χ0v) is 16.6. The van der Waals surface area contributed by atoms with E-state index in [0.29, 0.717) is 22.4 Å². The van der Waals surface area contributed by atoms with Crippen LogP contribution in [0.2, 0.25) is 0 Å². The van der Waals surface area contributed by atoms with Gasteiger partial charge in [-0.2, -0.15) is 5.26 Å². The van der Waals surface area contributed by atoms with E-state index in [1.807, 2.05) is 6.07 Å². The van der Waals surface area contributed by atoms with E-state index in [4.69, 9.17) is 5.26 Å². The van der Waals surface area contributed by atoms with E-state index in [0.717, 1.165) is 12.3 Å². The van der Waals surface area contributed by atoms with Gasteiger partial charge in [0.2, 0.25) is 0 Å². The number of rotatable bonds is 5. The van der Waals surface area contributed by atoms with Crippen LogP contribution in [-0.4, -0.2) is 20.7 Å². The van der Waals surface area contributed by atoms with Crippen LogP contribution in [0.25, 0.3) is 11.1 Å². The molecule has 9 heteroatoms. The lowest BCUT2D eigenvalue weighted by molar-refractivity contribution is 0.253. The number of hydrogen-bond acceptors (Lipinski definition) is 5. The van der Waals surface area contributed by atoms with Crippen molar-refractivity contribution in [2.45, 2.75) is 4.90 Å². The number of urea groups is 1. The maximum Gasteiger partial charge on any atom is 0.337 e. The van der Waals surface area contributed by atoms with Crippen molar-refractivity contribution in [2.75, 3.05) is 17.0 Å². The Labute approximate surface area is 173 Å². The number of hydrazine groups is 1. The molecule has 0 heterocycles. The van der Waals surface area contributed by atoms with Gasteiger partial charge in [-0.1, -0.05) is 30.3 Å². The lowest BCUT2D eigenvalue weighted by Crippen LogP contribution is -2.33. The third kappa shape index (κ3) is 4.92. The number of amides is 2. The Kier molecular flexibility index (Phi) is 5.99. The number of sulfone groups is 1. The minimum absolute atomic E-state index is 0.0827. The topological polar surface area (TPSA) is 111 Å². The minimum Gasteiger partial charge on any atom is -0.304 e. The molecule has 3 rings (SSSR count). The van der Waals surface area contributed by atoms with Crippen LogP contribution in [0, 0.1) is 17.1 Å². The maximum atomic E-state index is 14.5. The van der Waals surface area contributed by atoms with Gasteiger partial charge in [0.25, 0.3) is 0 Å². The molecule has 0 spiro atoms. The zero-order chi connectivity index (χ0) is 21.7. The van der Waals surface area contributed by atoms with Crippen molar-refractivity contribution in [3.8, 4) is 17.2 Å². The molecule has 0 fully saturated rings. The summed E-state index contributed by atoms with van der Waals surface area (Å²) in [5.41, 5.74) is 6.52. The van der Waals surface area contributed by atoms with E-state index in [-0.39, 0.29) is 10.6 Å². The fourth-order valence-corrected chi connectivity index (χ4v) is 3.67. The molecule has 7 nitrogen and oxygen atoms in total. The molecule has 3 aromatic rings. The van der Waals surface area contributed by atoms with Crippen molar-refractivity contribution in [3.05, 3.63) is 78.1 Å². The number of anilines is 2. The number of carbonyl (C=O) groups excluding carboxylic acids is 1. The molecule has 0 aromatic heterocycles. The van der Waals surface area contributed by atoms with Gasteiger partial charge in [0, 0.05) is 11.8 Å². The molecule has 0 saturated carbocycles. The Morgan fingerprint density at radius 3 is 2.50 bits per heavy atom. The summed E-state index contributed by atoms with van der Waals surface area (Å²) in [6.07, 6.45) is 1.09. The summed E-state index contributed by atoms with van der Waals surface area (Å²) in [7, 11) is -3.49. The van der Waals surface area contributed by atoms with Gasteiger partial charge in [0.1, 0.15) is 5.82 Å². The first-order valence-corrected chi connectivity index (χ1v) is 10.6. The Morgan fingerprint density at radius 2 is 1.80 bits per heavy atom. The van der Waals surface area contributed by atoms with Gasteiger partial charge in [0.05, 0.1) is 27.9 Å². The van der Waals surface area contributed by atoms with Crippen LogP contribution in [-0.2, 0) is 9.84 Å². The first kappa shape index (κ1) is 20.8. The number of carbonyl (C=O) groups is 1. The summed E-state index contributed by atoms with van der Waals surface area (Å²) in [6, 6.07) is 18.0. The van der Waals surface area contributed by atoms with Crippen LogP contribution >= 0.6 is 0 Å². The third-order valence-corrected chi connectivity index (χ3v) is 5.28. The summed E-state index contributed by atoms with van der Waals surface area (Å²) in [5, 5.41) is 11.2. The molecule has 0 atom stereocenters. The van der Waals surface area contributed by atoms with Gasteiger partial charge in [-0.15, -0.1) is 0 Å². The van der Waals surface area contributed by atoms with Crippen LogP contribution in [0.1, 0.15) is 5.56 Å². The molecule has 3 N–H and O–H groups in total. The average Bonchev–Trinajstić information content (AvgIpc) is 2.73. The van der Waals surface area contributed by atoms with Crippen LogP contribution in [0.4, 0.5) is 20.6 Å². The molecule has 152 valence electrons. The molecule has 0 aliphatic carbocycles. The monoisotopic (exact) mass is 424 g/mol. The van der Waals surface area contributed by atoms with E-state index in [1.54, 1.807) is 36.4 Å². The van der Waals surface area contributed by atoms with E-state index in [2.05, 4.69) is 16.2 Å². The van der Waals surface area contributed by atoms with Crippen molar-refractivity contribution >= 4 is 27.2 Å². The molecule has 0 unspecified atom stereocenters. The lowest BCUT2D eigenvalue weighted by atomic mass is 10.1. The van der Waals surface area contributed by atoms with Crippen molar-refractivity contribution in [3.63, 3.8) is 0 Å². The Morgan fingerprint density at radius 1 is 1.03 bits per heavy atom. The predicted molar refractivity (Wildman–Crippen MR) is 112 cm³/mol. The Balaban J connectivity index is 1.73. The van der Waals surface area contributed by atoms with Crippen molar-refractivity contribution in [2.24, 2.45) is 0 Å². The highest BCUT2D eigenvalue weighted by atomic mass is 32.2. The third-order valence-electron chi connectivity index (χ3n) is 4.13. The number of hydrogen-bond donors (Lipinski definition) is 3. The van der Waals surface area contributed by atoms with Crippen LogP contribution in [0.5, 0.6) is 0 Å². The Bertz CT molecular complexity index is 1250. The van der Waals surface area contributed by atoms with Crippen molar-refractivity contribution < 1.29 is 17.6 Å². The molecule has 0 radical (unpaired) electrons. The molecule has 2 amide bonds. The highest BCUT2D eigenvalue weighted by Gasteiger charge is 2.15. The predicted octanol–water partition coefficient (Wildman–Crippen LogP) is 3.92. The van der Waals surface area contributed by atoms with Gasteiger partial charge < -0.3 is 5.32 Å². The molecule has 0 aliphatic heterocycles. The van der Waals surface area contributed by atoms with Crippen molar-refractivity contribution in [1.29, 1.82) is 5.26 Å².